The quantitative estimate of drug-likeness (QED) is 0.854. The average molecular weight is 320 g/mol. The lowest BCUT2D eigenvalue weighted by Gasteiger charge is -2.17. The maximum atomic E-state index is 13.1. The van der Waals surface area contributed by atoms with Gasteiger partial charge in [-0.25, -0.2) is 4.39 Å². The summed E-state index contributed by atoms with van der Waals surface area (Å²) in [5, 5.41) is 3.95. The Balaban J connectivity index is 2.57. The molecule has 0 heterocycles. The number of benzene rings is 1. The van der Waals surface area contributed by atoms with Crippen molar-refractivity contribution in [2.75, 3.05) is 12.8 Å². The van der Waals surface area contributed by atoms with E-state index in [1.165, 1.54) is 6.07 Å². The topological polar surface area (TPSA) is 12.0 Å². The zero-order valence-electron chi connectivity index (χ0n) is 10.5. The molecule has 0 aromatic heterocycles. The van der Waals surface area contributed by atoms with Gasteiger partial charge in [-0.1, -0.05) is 19.9 Å². The molecule has 0 saturated carbocycles. The second kappa shape index (κ2) is 7.39. The summed E-state index contributed by atoms with van der Waals surface area (Å²) < 4.78 is 13.6. The van der Waals surface area contributed by atoms with Crippen LogP contribution in [0.5, 0.6) is 0 Å². The highest BCUT2D eigenvalue weighted by molar-refractivity contribution is 9.10. The zero-order chi connectivity index (χ0) is 12.8. The van der Waals surface area contributed by atoms with Crippen molar-refractivity contribution in [1.82, 2.24) is 5.32 Å². The van der Waals surface area contributed by atoms with Crippen molar-refractivity contribution in [2.45, 2.75) is 31.6 Å². The van der Waals surface area contributed by atoms with E-state index in [9.17, 15) is 4.39 Å². The van der Waals surface area contributed by atoms with Gasteiger partial charge in [-0.2, -0.15) is 11.8 Å². The van der Waals surface area contributed by atoms with Crippen LogP contribution in [0.3, 0.4) is 0 Å². The van der Waals surface area contributed by atoms with Crippen molar-refractivity contribution < 1.29 is 4.39 Å². The highest BCUT2D eigenvalue weighted by atomic mass is 79.9. The Hall–Kier alpha value is -0.0600. The molecule has 1 aromatic rings. The Labute approximate surface area is 116 Å². The summed E-state index contributed by atoms with van der Waals surface area (Å²) in [6, 6.07) is 5.66. The summed E-state index contributed by atoms with van der Waals surface area (Å²) >= 11 is 5.16. The molecular weight excluding hydrogens is 301 g/mol. The summed E-state index contributed by atoms with van der Waals surface area (Å²) in [6.45, 7) is 4.40. The van der Waals surface area contributed by atoms with Gasteiger partial charge in [0, 0.05) is 11.8 Å². The van der Waals surface area contributed by atoms with E-state index < -0.39 is 0 Å². The largest absolute Gasteiger partial charge is 0.316 e. The first-order chi connectivity index (χ1) is 8.02. The van der Waals surface area contributed by atoms with Crippen LogP contribution >= 0.6 is 27.7 Å². The standard InChI is InChI=1S/C13H19BrFNS/c1-9(2)17-8-11(16-3)6-10-4-5-13(15)12(14)7-10/h4-5,7,9,11,16H,6,8H2,1-3H3. The van der Waals surface area contributed by atoms with Crippen LogP contribution < -0.4 is 5.32 Å². The lowest BCUT2D eigenvalue weighted by molar-refractivity contribution is 0.606. The molecule has 1 aromatic carbocycles. The first-order valence-electron chi connectivity index (χ1n) is 5.75. The summed E-state index contributed by atoms with van der Waals surface area (Å²) in [5.74, 6) is 0.870. The lowest BCUT2D eigenvalue weighted by Crippen LogP contribution is -2.30. The number of nitrogens with one attached hydrogen (secondary N) is 1. The van der Waals surface area contributed by atoms with Crippen LogP contribution in [-0.2, 0) is 6.42 Å². The van der Waals surface area contributed by atoms with Crippen molar-refractivity contribution in [1.29, 1.82) is 0 Å². The van der Waals surface area contributed by atoms with Gasteiger partial charge >= 0.3 is 0 Å². The molecule has 0 fully saturated rings. The van der Waals surface area contributed by atoms with E-state index in [-0.39, 0.29) is 5.82 Å². The van der Waals surface area contributed by atoms with Crippen LogP contribution in [-0.4, -0.2) is 24.1 Å². The summed E-state index contributed by atoms with van der Waals surface area (Å²) in [4.78, 5) is 0. The molecule has 0 spiro atoms. The van der Waals surface area contributed by atoms with Gasteiger partial charge < -0.3 is 5.32 Å². The Morgan fingerprint density at radius 3 is 2.65 bits per heavy atom. The van der Waals surface area contributed by atoms with Crippen LogP contribution in [0.4, 0.5) is 4.39 Å². The van der Waals surface area contributed by atoms with Crippen molar-refractivity contribution in [2.24, 2.45) is 0 Å². The molecule has 96 valence electrons. The van der Waals surface area contributed by atoms with Crippen LogP contribution in [0.25, 0.3) is 0 Å². The molecule has 0 aliphatic carbocycles. The minimum atomic E-state index is -0.202. The predicted octanol–water partition coefficient (Wildman–Crippen LogP) is 3.86. The molecule has 0 amide bonds. The van der Waals surface area contributed by atoms with Crippen LogP contribution in [0.2, 0.25) is 0 Å². The fraction of sp³-hybridized carbons (Fsp3) is 0.538. The predicted molar refractivity (Wildman–Crippen MR) is 78.2 cm³/mol. The molecule has 17 heavy (non-hydrogen) atoms. The normalized spacial score (nSPS) is 13.1. The van der Waals surface area contributed by atoms with Gasteiger partial charge in [0.1, 0.15) is 5.82 Å². The van der Waals surface area contributed by atoms with Gasteiger partial charge in [0.15, 0.2) is 0 Å². The number of rotatable bonds is 6. The molecule has 1 rings (SSSR count). The van der Waals surface area contributed by atoms with Crippen molar-refractivity contribution >= 4 is 27.7 Å². The fourth-order valence-electron chi connectivity index (χ4n) is 1.50. The van der Waals surface area contributed by atoms with Crippen LogP contribution in [0.1, 0.15) is 19.4 Å². The molecule has 1 N–H and O–H groups in total. The third kappa shape index (κ3) is 5.40. The van der Waals surface area contributed by atoms with E-state index in [0.717, 1.165) is 17.7 Å². The van der Waals surface area contributed by atoms with E-state index in [4.69, 9.17) is 0 Å². The van der Waals surface area contributed by atoms with Gasteiger partial charge in [0.25, 0.3) is 0 Å². The number of halogens is 2. The number of thioether (sulfide) groups is 1. The molecule has 1 atom stereocenters. The van der Waals surface area contributed by atoms with Crippen molar-refractivity contribution in [3.63, 3.8) is 0 Å². The third-order valence-corrected chi connectivity index (χ3v) is 4.37. The van der Waals surface area contributed by atoms with Gasteiger partial charge in [-0.3, -0.25) is 0 Å². The smallest absolute Gasteiger partial charge is 0.137 e. The first kappa shape index (κ1) is 15.0. The molecule has 0 radical (unpaired) electrons. The van der Waals surface area contributed by atoms with Crippen molar-refractivity contribution in [3.05, 3.63) is 34.1 Å². The van der Waals surface area contributed by atoms with Gasteiger partial charge in [-0.15, -0.1) is 0 Å². The second-order valence-electron chi connectivity index (χ2n) is 4.32. The van der Waals surface area contributed by atoms with E-state index in [0.29, 0.717) is 15.8 Å². The van der Waals surface area contributed by atoms with E-state index >= 15 is 0 Å². The molecular formula is C13H19BrFNS. The second-order valence-corrected chi connectivity index (χ2v) is 6.78. The maximum Gasteiger partial charge on any atom is 0.137 e. The van der Waals surface area contributed by atoms with Gasteiger partial charge in [0.05, 0.1) is 4.47 Å². The number of likely N-dealkylation sites (N-methyl/N-ethyl adjacent to an activating group) is 1. The highest BCUT2D eigenvalue weighted by Gasteiger charge is 2.10. The minimum absolute atomic E-state index is 0.202. The van der Waals surface area contributed by atoms with Crippen LogP contribution in [0.15, 0.2) is 22.7 Å². The molecule has 0 aliphatic rings. The molecule has 1 unspecified atom stereocenters. The summed E-state index contributed by atoms with van der Waals surface area (Å²) in [5.41, 5.74) is 1.15. The highest BCUT2D eigenvalue weighted by Crippen LogP contribution is 2.19. The summed E-state index contributed by atoms with van der Waals surface area (Å²) in [6.07, 6.45) is 0.926. The maximum absolute atomic E-state index is 13.1. The molecule has 4 heteroatoms. The summed E-state index contributed by atoms with van der Waals surface area (Å²) in [7, 11) is 1.98. The van der Waals surface area contributed by atoms with Crippen LogP contribution in [0, 0.1) is 5.82 Å². The van der Waals surface area contributed by atoms with Crippen molar-refractivity contribution in [3.8, 4) is 0 Å². The van der Waals surface area contributed by atoms with E-state index in [1.54, 1.807) is 0 Å². The van der Waals surface area contributed by atoms with Gasteiger partial charge in [-0.05, 0) is 52.3 Å². The molecule has 1 nitrogen and oxygen atoms in total. The third-order valence-electron chi connectivity index (χ3n) is 2.51. The Kier molecular flexibility index (Phi) is 6.52. The Bertz CT molecular complexity index is 357. The van der Waals surface area contributed by atoms with E-state index in [1.807, 2.05) is 30.9 Å². The first-order valence-corrected chi connectivity index (χ1v) is 7.60. The zero-order valence-corrected chi connectivity index (χ0v) is 12.9. The Morgan fingerprint density at radius 2 is 2.12 bits per heavy atom. The molecule has 0 bridgehead atoms. The molecule has 0 aliphatic heterocycles. The number of hydrogen-bond donors (Lipinski definition) is 1. The van der Waals surface area contributed by atoms with Gasteiger partial charge in [0.2, 0.25) is 0 Å². The SMILES string of the molecule is CNC(CSC(C)C)Cc1ccc(F)c(Br)c1. The number of hydrogen-bond acceptors (Lipinski definition) is 2. The monoisotopic (exact) mass is 319 g/mol. The lowest BCUT2D eigenvalue weighted by atomic mass is 10.1. The Morgan fingerprint density at radius 1 is 1.41 bits per heavy atom. The minimum Gasteiger partial charge on any atom is -0.316 e. The van der Waals surface area contributed by atoms with E-state index in [2.05, 4.69) is 35.1 Å². The fourth-order valence-corrected chi connectivity index (χ4v) is 2.83. The average Bonchev–Trinajstić information content (AvgIpc) is 2.28. The molecule has 0 saturated heterocycles.